The van der Waals surface area contributed by atoms with E-state index >= 15 is 0 Å². The van der Waals surface area contributed by atoms with E-state index in [0.29, 0.717) is 0 Å². The van der Waals surface area contributed by atoms with Gasteiger partial charge in [0.2, 0.25) is 0 Å². The highest BCUT2D eigenvalue weighted by Gasteiger charge is 2.25. The van der Waals surface area contributed by atoms with Crippen molar-refractivity contribution in [2.24, 2.45) is 7.05 Å². The lowest BCUT2D eigenvalue weighted by molar-refractivity contribution is 0.701. The minimum absolute atomic E-state index is 0.233. The van der Waals surface area contributed by atoms with Gasteiger partial charge in [0.25, 0.3) is 0 Å². The average molecular weight is 250 g/mol. The fourth-order valence-corrected chi connectivity index (χ4v) is 2.81. The third kappa shape index (κ3) is 1.53. The van der Waals surface area contributed by atoms with E-state index < -0.39 is 0 Å². The van der Waals surface area contributed by atoms with E-state index in [-0.39, 0.29) is 6.04 Å². The van der Waals surface area contributed by atoms with Gasteiger partial charge in [0, 0.05) is 25.4 Å². The molecule has 1 aliphatic heterocycles. The maximum atomic E-state index is 4.72. The van der Waals surface area contributed by atoms with E-state index in [1.807, 2.05) is 25.4 Å². The van der Waals surface area contributed by atoms with Gasteiger partial charge in [-0.15, -0.1) is 0 Å². The first-order chi connectivity index (χ1) is 9.33. The summed E-state index contributed by atoms with van der Waals surface area (Å²) >= 11 is 0. The third-order valence-electron chi connectivity index (χ3n) is 3.75. The van der Waals surface area contributed by atoms with Crippen LogP contribution < -0.4 is 5.32 Å². The van der Waals surface area contributed by atoms with Crippen LogP contribution in [0.15, 0.2) is 42.6 Å². The van der Waals surface area contributed by atoms with Crippen molar-refractivity contribution in [3.63, 3.8) is 0 Å². The smallest absolute Gasteiger partial charge is 0.159 e. The van der Waals surface area contributed by atoms with Crippen molar-refractivity contribution in [2.45, 2.75) is 12.5 Å². The zero-order valence-corrected chi connectivity index (χ0v) is 10.7. The molecule has 4 nitrogen and oxygen atoms in total. The number of nitrogens with one attached hydrogen (secondary N) is 1. The first-order valence-electron chi connectivity index (χ1n) is 6.45. The van der Waals surface area contributed by atoms with Crippen molar-refractivity contribution < 1.29 is 0 Å². The van der Waals surface area contributed by atoms with Crippen LogP contribution in [-0.4, -0.2) is 14.5 Å². The number of fused-ring (bicyclic) bond motifs is 2. The van der Waals surface area contributed by atoms with Gasteiger partial charge in [-0.1, -0.05) is 18.2 Å². The van der Waals surface area contributed by atoms with Gasteiger partial charge in [-0.3, -0.25) is 0 Å². The van der Waals surface area contributed by atoms with Crippen LogP contribution in [0, 0.1) is 0 Å². The number of benzene rings is 1. The van der Waals surface area contributed by atoms with E-state index in [0.717, 1.165) is 23.4 Å². The van der Waals surface area contributed by atoms with Crippen LogP contribution in [0.5, 0.6) is 0 Å². The van der Waals surface area contributed by atoms with Gasteiger partial charge in [-0.25, -0.2) is 9.97 Å². The molecule has 3 aromatic rings. The third-order valence-corrected chi connectivity index (χ3v) is 3.75. The van der Waals surface area contributed by atoms with Gasteiger partial charge in [-0.2, -0.15) is 0 Å². The summed E-state index contributed by atoms with van der Waals surface area (Å²) in [6.07, 6.45) is 2.79. The van der Waals surface area contributed by atoms with E-state index in [9.17, 15) is 0 Å². The summed E-state index contributed by atoms with van der Waals surface area (Å²) in [5, 5.41) is 3.54. The molecule has 19 heavy (non-hydrogen) atoms. The number of nitrogens with zero attached hydrogens (tertiary/aromatic N) is 3. The first-order valence-corrected chi connectivity index (χ1v) is 6.45. The standard InChI is InChI=1S/C15H14N4/c1-19-14-12(7-4-8-16-14)18-15(19)13-9-10-5-2-3-6-11(10)17-13/h2-8,13,17H,9H2,1H3. The molecule has 4 rings (SSSR count). The minimum Gasteiger partial charge on any atom is -0.375 e. The summed E-state index contributed by atoms with van der Waals surface area (Å²) in [5.41, 5.74) is 4.47. The first kappa shape index (κ1) is 10.6. The molecule has 0 saturated carbocycles. The Hall–Kier alpha value is -2.36. The topological polar surface area (TPSA) is 42.7 Å². The molecule has 0 radical (unpaired) electrons. The fourth-order valence-electron chi connectivity index (χ4n) is 2.81. The molecule has 3 heterocycles. The van der Waals surface area contributed by atoms with E-state index in [4.69, 9.17) is 4.98 Å². The van der Waals surface area contributed by atoms with Crippen molar-refractivity contribution >= 4 is 16.9 Å². The molecule has 0 saturated heterocycles. The summed E-state index contributed by atoms with van der Waals surface area (Å²) in [5.74, 6) is 1.05. The van der Waals surface area contributed by atoms with Crippen LogP contribution in [0.2, 0.25) is 0 Å². The van der Waals surface area contributed by atoms with Crippen molar-refractivity contribution in [3.05, 3.63) is 54.0 Å². The van der Waals surface area contributed by atoms with Gasteiger partial charge in [0.1, 0.15) is 11.3 Å². The molecule has 1 aliphatic rings. The second kappa shape index (κ2) is 3.82. The monoisotopic (exact) mass is 250 g/mol. The Morgan fingerprint density at radius 3 is 2.95 bits per heavy atom. The molecule has 94 valence electrons. The number of aromatic nitrogens is 3. The summed E-state index contributed by atoms with van der Waals surface area (Å²) in [6, 6.07) is 12.6. The molecule has 0 fully saturated rings. The normalized spacial score (nSPS) is 17.4. The Balaban J connectivity index is 1.79. The molecule has 0 bridgehead atoms. The van der Waals surface area contributed by atoms with Crippen LogP contribution >= 0.6 is 0 Å². The Kier molecular flexibility index (Phi) is 2.12. The summed E-state index contributed by atoms with van der Waals surface area (Å²) in [4.78, 5) is 9.11. The average Bonchev–Trinajstić information content (AvgIpc) is 3.00. The second-order valence-corrected chi connectivity index (χ2v) is 4.93. The van der Waals surface area contributed by atoms with Gasteiger partial charge < -0.3 is 9.88 Å². The number of aryl methyl sites for hydroxylation is 1. The highest BCUT2D eigenvalue weighted by atomic mass is 15.1. The molecule has 4 heteroatoms. The highest BCUT2D eigenvalue weighted by molar-refractivity contribution is 5.71. The lowest BCUT2D eigenvalue weighted by Gasteiger charge is -2.10. The molecule has 2 aromatic heterocycles. The highest BCUT2D eigenvalue weighted by Crippen LogP contribution is 2.33. The van der Waals surface area contributed by atoms with Crippen molar-refractivity contribution in [1.82, 2.24) is 14.5 Å². The largest absolute Gasteiger partial charge is 0.375 e. The second-order valence-electron chi connectivity index (χ2n) is 4.93. The Morgan fingerprint density at radius 1 is 1.21 bits per heavy atom. The summed E-state index contributed by atoms with van der Waals surface area (Å²) in [6.45, 7) is 0. The van der Waals surface area contributed by atoms with Crippen molar-refractivity contribution in [1.29, 1.82) is 0 Å². The Bertz CT molecular complexity index is 735. The van der Waals surface area contributed by atoms with Gasteiger partial charge in [0.15, 0.2) is 5.65 Å². The molecule has 1 atom stereocenters. The van der Waals surface area contributed by atoms with E-state index in [2.05, 4.69) is 39.1 Å². The fraction of sp³-hybridized carbons (Fsp3) is 0.200. The molecular formula is C15H14N4. The van der Waals surface area contributed by atoms with Crippen molar-refractivity contribution in [3.8, 4) is 0 Å². The van der Waals surface area contributed by atoms with Crippen LogP contribution in [0.25, 0.3) is 11.2 Å². The molecule has 0 aliphatic carbocycles. The van der Waals surface area contributed by atoms with Crippen molar-refractivity contribution in [2.75, 3.05) is 5.32 Å². The van der Waals surface area contributed by atoms with E-state index in [1.54, 1.807) is 0 Å². The predicted octanol–water partition coefficient (Wildman–Crippen LogP) is 2.68. The van der Waals surface area contributed by atoms with E-state index in [1.165, 1.54) is 11.3 Å². The minimum atomic E-state index is 0.233. The maximum absolute atomic E-state index is 4.72. The van der Waals surface area contributed by atoms with Gasteiger partial charge in [0.05, 0.1) is 6.04 Å². The van der Waals surface area contributed by atoms with Crippen LogP contribution in [0.3, 0.4) is 0 Å². The maximum Gasteiger partial charge on any atom is 0.159 e. The van der Waals surface area contributed by atoms with Crippen LogP contribution in [0.4, 0.5) is 5.69 Å². The molecular weight excluding hydrogens is 236 g/mol. The van der Waals surface area contributed by atoms with Gasteiger partial charge >= 0.3 is 0 Å². The van der Waals surface area contributed by atoms with Crippen LogP contribution in [-0.2, 0) is 13.5 Å². The predicted molar refractivity (Wildman–Crippen MR) is 75.0 cm³/mol. The quantitative estimate of drug-likeness (QED) is 0.722. The molecule has 1 N–H and O–H groups in total. The number of hydrogen-bond acceptors (Lipinski definition) is 3. The molecule has 0 amide bonds. The number of hydrogen-bond donors (Lipinski definition) is 1. The summed E-state index contributed by atoms with van der Waals surface area (Å²) < 4.78 is 2.08. The SMILES string of the molecule is Cn1c(C2Cc3ccccc3N2)nc2cccnc21. The zero-order valence-electron chi connectivity index (χ0n) is 10.7. The Morgan fingerprint density at radius 2 is 2.11 bits per heavy atom. The number of anilines is 1. The van der Waals surface area contributed by atoms with Gasteiger partial charge in [-0.05, 0) is 23.8 Å². The molecule has 0 spiro atoms. The number of rotatable bonds is 1. The van der Waals surface area contributed by atoms with Crippen LogP contribution in [0.1, 0.15) is 17.4 Å². The summed E-state index contributed by atoms with van der Waals surface area (Å²) in [7, 11) is 2.03. The zero-order chi connectivity index (χ0) is 12.8. The number of para-hydroxylation sites is 1. The number of pyridine rings is 1. The lowest BCUT2D eigenvalue weighted by Crippen LogP contribution is -2.11. The molecule has 1 aromatic carbocycles. The Labute approximate surface area is 111 Å². The lowest BCUT2D eigenvalue weighted by atomic mass is 10.1. The number of imidazole rings is 1. The molecule has 1 unspecified atom stereocenters.